The fourth-order valence-corrected chi connectivity index (χ4v) is 3.07. The first kappa shape index (κ1) is 18.0. The van der Waals surface area contributed by atoms with Crippen LogP contribution in [0.15, 0.2) is 34.9 Å². The van der Waals surface area contributed by atoms with Gasteiger partial charge in [-0.1, -0.05) is 17.3 Å². The lowest BCUT2D eigenvalue weighted by molar-refractivity contribution is -0.131. The number of phenols is 1. The molecule has 1 aliphatic rings. The van der Waals surface area contributed by atoms with Crippen LogP contribution in [0, 0.1) is 5.92 Å². The average Bonchev–Trinajstić information content (AvgIpc) is 3.19. The molecule has 2 heterocycles. The zero-order valence-corrected chi connectivity index (χ0v) is 15.2. The van der Waals surface area contributed by atoms with E-state index < -0.39 is 0 Å². The van der Waals surface area contributed by atoms with Crippen molar-refractivity contribution in [3.8, 4) is 17.1 Å². The number of nitrogens with one attached hydrogen (secondary N) is 1. The molecule has 2 N–H and O–H groups in total. The maximum absolute atomic E-state index is 12.3. The van der Waals surface area contributed by atoms with Crippen LogP contribution in [0.4, 0.5) is 0 Å². The maximum Gasteiger partial charge on any atom is 0.273 e. The van der Waals surface area contributed by atoms with E-state index in [9.17, 15) is 14.7 Å². The first-order chi connectivity index (χ1) is 12.2. The molecule has 0 bridgehead atoms. The van der Waals surface area contributed by atoms with Gasteiger partial charge in [-0.15, -0.1) is 0 Å². The van der Waals surface area contributed by atoms with E-state index in [-0.39, 0.29) is 34.7 Å². The van der Waals surface area contributed by atoms with Gasteiger partial charge in [0.05, 0.1) is 0 Å². The summed E-state index contributed by atoms with van der Waals surface area (Å²) in [6.45, 7) is 7.06. The van der Waals surface area contributed by atoms with Gasteiger partial charge < -0.3 is 19.8 Å². The van der Waals surface area contributed by atoms with E-state index in [1.54, 1.807) is 18.2 Å². The van der Waals surface area contributed by atoms with Crippen LogP contribution in [0.25, 0.3) is 11.3 Å². The fraction of sp³-hybridized carbons (Fsp3) is 0.421. The molecule has 1 saturated heterocycles. The Balaban J connectivity index is 1.59. The van der Waals surface area contributed by atoms with Gasteiger partial charge in [0, 0.05) is 42.6 Å². The molecule has 26 heavy (non-hydrogen) atoms. The molecule has 7 heteroatoms. The minimum atomic E-state index is -0.346. The number of rotatable bonds is 4. The Kier molecular flexibility index (Phi) is 4.71. The first-order valence-corrected chi connectivity index (χ1v) is 8.59. The Morgan fingerprint density at radius 1 is 1.38 bits per heavy atom. The Labute approximate surface area is 152 Å². The number of aromatic hydroxyl groups is 1. The Bertz CT molecular complexity index is 822. The quantitative estimate of drug-likeness (QED) is 0.876. The third kappa shape index (κ3) is 3.87. The predicted molar refractivity (Wildman–Crippen MR) is 95.5 cm³/mol. The molecule has 0 spiro atoms. The van der Waals surface area contributed by atoms with Crippen molar-refractivity contribution in [2.24, 2.45) is 5.92 Å². The van der Waals surface area contributed by atoms with E-state index >= 15 is 0 Å². The number of likely N-dealkylation sites (tertiary alicyclic amines) is 1. The summed E-state index contributed by atoms with van der Waals surface area (Å²) < 4.78 is 5.19. The van der Waals surface area contributed by atoms with Crippen LogP contribution < -0.4 is 5.32 Å². The van der Waals surface area contributed by atoms with Crippen molar-refractivity contribution >= 4 is 11.8 Å². The van der Waals surface area contributed by atoms with Crippen molar-refractivity contribution in [3.63, 3.8) is 0 Å². The highest BCUT2D eigenvalue weighted by Gasteiger charge is 2.36. The summed E-state index contributed by atoms with van der Waals surface area (Å²) in [5.74, 6) is 0.370. The molecule has 2 aromatic rings. The lowest BCUT2D eigenvalue weighted by atomic mass is 10.1. The van der Waals surface area contributed by atoms with E-state index in [0.717, 1.165) is 0 Å². The number of hydrogen-bond donors (Lipinski definition) is 2. The number of amides is 2. The molecule has 0 saturated carbocycles. The van der Waals surface area contributed by atoms with Crippen molar-refractivity contribution < 1.29 is 19.2 Å². The minimum absolute atomic E-state index is 0.0862. The highest BCUT2D eigenvalue weighted by atomic mass is 16.5. The van der Waals surface area contributed by atoms with Gasteiger partial charge >= 0.3 is 0 Å². The number of carbonyl (C=O) groups is 2. The zero-order chi connectivity index (χ0) is 18.9. The zero-order valence-electron chi connectivity index (χ0n) is 15.2. The second-order valence-electron chi connectivity index (χ2n) is 7.58. The van der Waals surface area contributed by atoms with Crippen molar-refractivity contribution in [2.75, 3.05) is 13.1 Å². The largest absolute Gasteiger partial charge is 0.508 e. The maximum atomic E-state index is 12.3. The number of nitrogens with zero attached hydrogens (tertiary/aromatic N) is 2. The normalized spacial score (nSPS) is 17.6. The van der Waals surface area contributed by atoms with Gasteiger partial charge in [0.15, 0.2) is 11.5 Å². The second-order valence-corrected chi connectivity index (χ2v) is 7.58. The van der Waals surface area contributed by atoms with Crippen LogP contribution in [-0.4, -0.2) is 45.6 Å². The van der Waals surface area contributed by atoms with Crippen LogP contribution >= 0.6 is 0 Å². The summed E-state index contributed by atoms with van der Waals surface area (Å²) in [7, 11) is 0. The molecule has 2 amide bonds. The molecule has 7 nitrogen and oxygen atoms in total. The predicted octanol–water partition coefficient (Wildman–Crippen LogP) is 2.42. The van der Waals surface area contributed by atoms with E-state index in [1.807, 2.05) is 25.7 Å². The van der Waals surface area contributed by atoms with E-state index in [0.29, 0.717) is 30.8 Å². The minimum Gasteiger partial charge on any atom is -0.508 e. The summed E-state index contributed by atoms with van der Waals surface area (Å²) in [6.07, 6.45) is 0.435. The van der Waals surface area contributed by atoms with Crippen molar-refractivity contribution in [3.05, 3.63) is 36.0 Å². The molecule has 3 rings (SSSR count). The summed E-state index contributed by atoms with van der Waals surface area (Å²) in [5, 5.41) is 16.1. The topological polar surface area (TPSA) is 95.7 Å². The lowest BCUT2D eigenvalue weighted by Crippen LogP contribution is -2.42. The van der Waals surface area contributed by atoms with E-state index in [4.69, 9.17) is 4.52 Å². The number of hydrogen-bond acceptors (Lipinski definition) is 5. The van der Waals surface area contributed by atoms with Crippen LogP contribution in [0.5, 0.6) is 5.75 Å². The molecular formula is C19H23N3O4. The first-order valence-electron chi connectivity index (χ1n) is 8.59. The number of benzene rings is 1. The highest BCUT2D eigenvalue weighted by Crippen LogP contribution is 2.26. The molecule has 1 aromatic heterocycles. The SMILES string of the molecule is CC(C)(C)N1CC(CNC(=O)c2cc(-c3cccc(O)c3)on2)CC1=O. The van der Waals surface area contributed by atoms with Crippen LogP contribution in [0.2, 0.25) is 0 Å². The molecule has 138 valence electrons. The monoisotopic (exact) mass is 357 g/mol. The smallest absolute Gasteiger partial charge is 0.273 e. The standard InChI is InChI=1S/C19H23N3O4/c1-19(2,3)22-11-12(7-17(22)24)10-20-18(25)15-9-16(26-21-15)13-5-4-6-14(23)8-13/h4-6,8-9,12,23H,7,10-11H2,1-3H3,(H,20,25). The molecule has 1 unspecified atom stereocenters. The Morgan fingerprint density at radius 2 is 2.15 bits per heavy atom. The number of phenolic OH excluding ortho intramolecular Hbond substituents is 1. The van der Waals surface area contributed by atoms with Crippen molar-refractivity contribution in [2.45, 2.75) is 32.7 Å². The van der Waals surface area contributed by atoms with Gasteiger partial charge in [-0.2, -0.15) is 0 Å². The molecule has 1 fully saturated rings. The fourth-order valence-electron chi connectivity index (χ4n) is 3.07. The Morgan fingerprint density at radius 3 is 2.81 bits per heavy atom. The molecule has 1 atom stereocenters. The van der Waals surface area contributed by atoms with E-state index in [1.165, 1.54) is 12.1 Å². The van der Waals surface area contributed by atoms with Crippen molar-refractivity contribution in [1.29, 1.82) is 0 Å². The third-order valence-electron chi connectivity index (χ3n) is 4.44. The molecule has 0 aliphatic carbocycles. The van der Waals surface area contributed by atoms with Gasteiger partial charge in [-0.05, 0) is 32.9 Å². The van der Waals surface area contributed by atoms with Crippen molar-refractivity contribution in [1.82, 2.24) is 15.4 Å². The number of aromatic nitrogens is 1. The highest BCUT2D eigenvalue weighted by molar-refractivity contribution is 5.93. The summed E-state index contributed by atoms with van der Waals surface area (Å²) in [4.78, 5) is 26.2. The summed E-state index contributed by atoms with van der Waals surface area (Å²) in [6, 6.07) is 8.06. The van der Waals surface area contributed by atoms with Gasteiger partial charge in [-0.3, -0.25) is 9.59 Å². The number of carbonyl (C=O) groups excluding carboxylic acids is 2. The van der Waals surface area contributed by atoms with E-state index in [2.05, 4.69) is 10.5 Å². The van der Waals surface area contributed by atoms with Crippen LogP contribution in [0.3, 0.4) is 0 Å². The Hall–Kier alpha value is -2.83. The molecular weight excluding hydrogens is 334 g/mol. The third-order valence-corrected chi connectivity index (χ3v) is 4.44. The molecule has 0 radical (unpaired) electrons. The second kappa shape index (κ2) is 6.82. The summed E-state index contributed by atoms with van der Waals surface area (Å²) >= 11 is 0. The van der Waals surface area contributed by atoms with Crippen LogP contribution in [-0.2, 0) is 4.79 Å². The average molecular weight is 357 g/mol. The van der Waals surface area contributed by atoms with Gasteiger partial charge in [0.2, 0.25) is 5.91 Å². The molecule has 1 aromatic carbocycles. The summed E-state index contributed by atoms with van der Waals surface area (Å²) in [5.41, 5.74) is 0.595. The van der Waals surface area contributed by atoms with Gasteiger partial charge in [-0.25, -0.2) is 0 Å². The van der Waals surface area contributed by atoms with Crippen LogP contribution in [0.1, 0.15) is 37.7 Å². The molecule has 1 aliphatic heterocycles. The lowest BCUT2D eigenvalue weighted by Gasteiger charge is -2.32. The van der Waals surface area contributed by atoms with Gasteiger partial charge in [0.25, 0.3) is 5.91 Å². The van der Waals surface area contributed by atoms with Gasteiger partial charge in [0.1, 0.15) is 5.75 Å².